The van der Waals surface area contributed by atoms with Crippen LogP contribution in [0.4, 0.5) is 0 Å². The van der Waals surface area contributed by atoms with Crippen LogP contribution in [0.5, 0.6) is 0 Å². The van der Waals surface area contributed by atoms with E-state index in [1.54, 1.807) is 0 Å². The largest absolute Gasteiger partial charge is 0.376 e. The number of nitrogens with one attached hydrogen (secondary N) is 2. The molecule has 0 spiro atoms. The number of H-pyrrole nitrogens is 1. The molecule has 2 atom stereocenters. The van der Waals surface area contributed by atoms with Crippen LogP contribution in [0.1, 0.15) is 24.0 Å². The Morgan fingerprint density at radius 1 is 1.50 bits per heavy atom. The van der Waals surface area contributed by atoms with Crippen LogP contribution < -0.4 is 5.32 Å². The fourth-order valence-corrected chi connectivity index (χ4v) is 1.87. The molecule has 1 aromatic heterocycles. The molecule has 1 aromatic rings. The Morgan fingerprint density at radius 2 is 2.25 bits per heavy atom. The van der Waals surface area contributed by atoms with Crippen LogP contribution in [0.3, 0.4) is 0 Å². The van der Waals surface area contributed by atoms with E-state index in [0.717, 1.165) is 31.2 Å². The maximum absolute atomic E-state index is 5.61. The number of aryl methyl sites for hydroxylation is 1. The second kappa shape index (κ2) is 7.06. The lowest BCUT2D eigenvalue weighted by molar-refractivity contribution is 0.103. The molecule has 2 N–H and O–H groups in total. The molecule has 16 heavy (non-hydrogen) atoms. The molecule has 0 saturated carbocycles. The van der Waals surface area contributed by atoms with E-state index in [2.05, 4.69) is 20.5 Å². The van der Waals surface area contributed by atoms with Crippen molar-refractivity contribution in [2.24, 2.45) is 0 Å². The van der Waals surface area contributed by atoms with Gasteiger partial charge in [-0.05, 0) is 20.4 Å². The Labute approximate surface area is 108 Å². The van der Waals surface area contributed by atoms with Crippen molar-refractivity contribution in [3.63, 3.8) is 0 Å². The Hall–Kier alpha value is -0.360. The molecule has 7 heteroatoms. The van der Waals surface area contributed by atoms with Crippen molar-refractivity contribution < 1.29 is 4.74 Å². The minimum absolute atomic E-state index is 0. The molecule has 1 saturated heterocycles. The highest BCUT2D eigenvalue weighted by atomic mass is 35.5. The van der Waals surface area contributed by atoms with Gasteiger partial charge in [-0.3, -0.25) is 5.10 Å². The monoisotopic (exact) mass is 268 g/mol. The number of hydrogen-bond acceptors (Lipinski definition) is 4. The first kappa shape index (κ1) is 15.6. The van der Waals surface area contributed by atoms with Crippen molar-refractivity contribution >= 4 is 24.8 Å². The normalized spacial score (nSPS) is 23.6. The van der Waals surface area contributed by atoms with Gasteiger partial charge in [-0.15, -0.1) is 24.8 Å². The second-order valence-corrected chi connectivity index (χ2v) is 3.64. The summed E-state index contributed by atoms with van der Waals surface area (Å²) in [4.78, 5) is 4.35. The average molecular weight is 269 g/mol. The van der Waals surface area contributed by atoms with Gasteiger partial charge in [0, 0.05) is 13.2 Å². The molecule has 0 unspecified atom stereocenters. The second-order valence-electron chi connectivity index (χ2n) is 3.64. The molecule has 94 valence electrons. The SMILES string of the molecule is CNC[C@H]1OCC[C@H]1c1n[nH]c(C)n1.Cl.Cl. The number of halogens is 2. The van der Waals surface area contributed by atoms with E-state index in [1.807, 2.05) is 14.0 Å². The first-order valence-electron chi connectivity index (χ1n) is 4.96. The van der Waals surface area contributed by atoms with Crippen LogP contribution in [0, 0.1) is 6.92 Å². The van der Waals surface area contributed by atoms with Crippen LogP contribution in [-0.2, 0) is 4.74 Å². The van der Waals surface area contributed by atoms with Gasteiger partial charge in [0.1, 0.15) is 5.82 Å². The Morgan fingerprint density at radius 3 is 2.81 bits per heavy atom. The van der Waals surface area contributed by atoms with Gasteiger partial charge in [-0.25, -0.2) is 4.98 Å². The lowest BCUT2D eigenvalue weighted by Crippen LogP contribution is -2.28. The molecule has 1 aliphatic rings. The lowest BCUT2D eigenvalue weighted by atomic mass is 10.0. The smallest absolute Gasteiger partial charge is 0.156 e. The Balaban J connectivity index is 0.00000112. The van der Waals surface area contributed by atoms with Gasteiger partial charge < -0.3 is 10.1 Å². The van der Waals surface area contributed by atoms with Gasteiger partial charge in [0.25, 0.3) is 0 Å². The molecule has 0 aliphatic carbocycles. The number of rotatable bonds is 3. The van der Waals surface area contributed by atoms with E-state index in [1.165, 1.54) is 0 Å². The summed E-state index contributed by atoms with van der Waals surface area (Å²) in [6.45, 7) is 3.59. The van der Waals surface area contributed by atoms with Gasteiger partial charge in [0.05, 0.1) is 12.0 Å². The molecule has 5 nitrogen and oxygen atoms in total. The average Bonchev–Trinajstić information content (AvgIpc) is 2.74. The first-order valence-corrected chi connectivity index (χ1v) is 4.96. The molecule has 1 aliphatic heterocycles. The van der Waals surface area contributed by atoms with Gasteiger partial charge in [0.2, 0.25) is 0 Å². The molecular weight excluding hydrogens is 251 g/mol. The minimum Gasteiger partial charge on any atom is -0.376 e. The third-order valence-corrected chi connectivity index (χ3v) is 2.56. The maximum atomic E-state index is 5.61. The van der Waals surface area contributed by atoms with Crippen molar-refractivity contribution in [1.82, 2.24) is 20.5 Å². The number of aromatic amines is 1. The third-order valence-electron chi connectivity index (χ3n) is 2.56. The van der Waals surface area contributed by atoms with Crippen molar-refractivity contribution in [1.29, 1.82) is 0 Å². The topological polar surface area (TPSA) is 62.8 Å². The maximum Gasteiger partial charge on any atom is 0.156 e. The molecule has 2 rings (SSSR count). The quantitative estimate of drug-likeness (QED) is 0.861. The Kier molecular flexibility index (Phi) is 6.90. The van der Waals surface area contributed by atoms with Gasteiger partial charge >= 0.3 is 0 Å². The number of hydrogen-bond donors (Lipinski definition) is 2. The summed E-state index contributed by atoms with van der Waals surface area (Å²) < 4.78 is 5.61. The van der Waals surface area contributed by atoms with E-state index in [0.29, 0.717) is 5.92 Å². The summed E-state index contributed by atoms with van der Waals surface area (Å²) in [6.07, 6.45) is 1.24. The van der Waals surface area contributed by atoms with Crippen LogP contribution in [0.2, 0.25) is 0 Å². The highest BCUT2D eigenvalue weighted by molar-refractivity contribution is 5.85. The molecule has 1 fully saturated rings. The fourth-order valence-electron chi connectivity index (χ4n) is 1.87. The summed E-state index contributed by atoms with van der Waals surface area (Å²) in [5.41, 5.74) is 0. The lowest BCUT2D eigenvalue weighted by Gasteiger charge is -2.14. The highest BCUT2D eigenvalue weighted by Crippen LogP contribution is 2.28. The summed E-state index contributed by atoms with van der Waals surface area (Å²) in [7, 11) is 1.93. The summed E-state index contributed by atoms with van der Waals surface area (Å²) in [6, 6.07) is 0. The zero-order valence-corrected chi connectivity index (χ0v) is 11.0. The van der Waals surface area contributed by atoms with E-state index in [4.69, 9.17) is 4.74 Å². The zero-order valence-electron chi connectivity index (χ0n) is 9.40. The van der Waals surface area contributed by atoms with Crippen LogP contribution >= 0.6 is 24.8 Å². The molecule has 0 radical (unpaired) electrons. The summed E-state index contributed by atoms with van der Waals surface area (Å²) in [5, 5.41) is 10.2. The van der Waals surface area contributed by atoms with E-state index < -0.39 is 0 Å². The van der Waals surface area contributed by atoms with Crippen molar-refractivity contribution in [3.05, 3.63) is 11.6 Å². The van der Waals surface area contributed by atoms with E-state index >= 15 is 0 Å². The van der Waals surface area contributed by atoms with E-state index in [9.17, 15) is 0 Å². The first-order chi connectivity index (χ1) is 6.81. The molecule has 0 amide bonds. The number of nitrogens with zero attached hydrogens (tertiary/aromatic N) is 2. The van der Waals surface area contributed by atoms with Crippen LogP contribution in [-0.4, -0.2) is 41.5 Å². The molecule has 2 heterocycles. The van der Waals surface area contributed by atoms with Gasteiger partial charge in [-0.1, -0.05) is 0 Å². The van der Waals surface area contributed by atoms with Gasteiger partial charge in [0.15, 0.2) is 5.82 Å². The Bertz CT molecular complexity index is 307. The summed E-state index contributed by atoms with van der Waals surface area (Å²) >= 11 is 0. The van der Waals surface area contributed by atoms with E-state index in [-0.39, 0.29) is 30.9 Å². The third kappa shape index (κ3) is 3.31. The molecule has 0 bridgehead atoms. The van der Waals surface area contributed by atoms with Crippen molar-refractivity contribution in [3.8, 4) is 0 Å². The predicted octanol–water partition coefficient (Wildman–Crippen LogP) is 1.05. The standard InChI is InChI=1S/C9H16N4O.2ClH/c1-6-11-9(13-12-6)7-3-4-14-8(7)5-10-2;;/h7-8,10H,3-5H2,1-2H3,(H,11,12,13);2*1H/t7-,8-;;/m1../s1. The zero-order chi connectivity index (χ0) is 9.97. The van der Waals surface area contributed by atoms with Crippen molar-refractivity contribution in [2.75, 3.05) is 20.2 Å². The number of aromatic nitrogens is 3. The minimum atomic E-state index is 0. The van der Waals surface area contributed by atoms with Crippen LogP contribution in [0.15, 0.2) is 0 Å². The fraction of sp³-hybridized carbons (Fsp3) is 0.778. The molecular formula is C9H18Cl2N4O. The number of ether oxygens (including phenoxy) is 1. The van der Waals surface area contributed by atoms with Crippen molar-refractivity contribution in [2.45, 2.75) is 25.4 Å². The summed E-state index contributed by atoms with van der Waals surface area (Å²) in [5.74, 6) is 2.10. The number of likely N-dealkylation sites (N-methyl/N-ethyl adjacent to an activating group) is 1. The molecule has 0 aromatic carbocycles. The van der Waals surface area contributed by atoms with Crippen LogP contribution in [0.25, 0.3) is 0 Å². The highest BCUT2D eigenvalue weighted by Gasteiger charge is 2.31. The predicted molar refractivity (Wildman–Crippen MR) is 66.6 cm³/mol. The van der Waals surface area contributed by atoms with Gasteiger partial charge in [-0.2, -0.15) is 5.10 Å².